The first-order valence-corrected chi connectivity index (χ1v) is 14.4. The predicted molar refractivity (Wildman–Crippen MR) is 142 cm³/mol. The maximum absolute atomic E-state index is 11.8. The van der Waals surface area contributed by atoms with E-state index in [4.69, 9.17) is 28.3 Å². The summed E-state index contributed by atoms with van der Waals surface area (Å²) in [5.74, 6) is 2.85. The molecule has 178 valence electrons. The van der Waals surface area contributed by atoms with Gasteiger partial charge in [-0.3, -0.25) is 0 Å². The lowest BCUT2D eigenvalue weighted by molar-refractivity contribution is 0.103. The summed E-state index contributed by atoms with van der Waals surface area (Å²) in [7, 11) is 0.299. The molecular weight excluding hydrogens is 473 g/mol. The van der Waals surface area contributed by atoms with Crippen LogP contribution in [0.1, 0.15) is 49.7 Å². The van der Waals surface area contributed by atoms with Gasteiger partial charge in [0.2, 0.25) is 0 Å². The van der Waals surface area contributed by atoms with Gasteiger partial charge in [-0.2, -0.15) is 0 Å². The predicted octanol–water partition coefficient (Wildman–Crippen LogP) is 7.69. The van der Waals surface area contributed by atoms with Crippen molar-refractivity contribution < 1.29 is 9.53 Å². The van der Waals surface area contributed by atoms with Crippen LogP contribution in [0, 0.1) is 5.92 Å². The van der Waals surface area contributed by atoms with Gasteiger partial charge < -0.3 is 4.74 Å². The van der Waals surface area contributed by atoms with Crippen molar-refractivity contribution in [3.8, 4) is 0 Å². The highest BCUT2D eigenvalue weighted by Gasteiger charge is 2.30. The summed E-state index contributed by atoms with van der Waals surface area (Å²) in [5.41, 5.74) is 4.24. The molecule has 2 aromatic rings. The number of benzene rings is 2. The van der Waals surface area contributed by atoms with E-state index in [9.17, 15) is 4.79 Å². The van der Waals surface area contributed by atoms with Gasteiger partial charge in [-0.25, -0.2) is 4.79 Å². The Morgan fingerprint density at radius 1 is 0.939 bits per heavy atom. The molecule has 3 rings (SSSR count). The van der Waals surface area contributed by atoms with Gasteiger partial charge in [0.15, 0.2) is 0 Å². The quantitative estimate of drug-likeness (QED) is 0.135. The summed E-state index contributed by atoms with van der Waals surface area (Å²) in [5, 5.41) is 0. The maximum atomic E-state index is 11.8. The number of ether oxygens (including phenoxy) is 1. The van der Waals surface area contributed by atoms with Crippen molar-refractivity contribution in [1.82, 2.24) is 3.94 Å². The van der Waals surface area contributed by atoms with Crippen molar-refractivity contribution in [2.75, 3.05) is 12.0 Å². The van der Waals surface area contributed by atoms with Crippen molar-refractivity contribution in [3.05, 3.63) is 83.4 Å². The number of halogens is 2. The molecule has 3 atom stereocenters. The van der Waals surface area contributed by atoms with Crippen molar-refractivity contribution in [1.29, 1.82) is 0 Å². The lowest BCUT2D eigenvalue weighted by Crippen LogP contribution is -2.28. The van der Waals surface area contributed by atoms with Crippen LogP contribution in [0.4, 0.5) is 4.79 Å². The van der Waals surface area contributed by atoms with Crippen LogP contribution < -0.4 is 0 Å². The minimum absolute atomic E-state index is 0.249. The van der Waals surface area contributed by atoms with E-state index in [0.717, 1.165) is 37.9 Å². The maximum Gasteiger partial charge on any atom is 0.440 e. The normalized spacial score (nSPS) is 18.9. The van der Waals surface area contributed by atoms with Crippen LogP contribution in [0.2, 0.25) is 0 Å². The van der Waals surface area contributed by atoms with Crippen LogP contribution in [0.3, 0.4) is 0 Å². The largest absolute Gasteiger partial charge is 0.440 e. The Labute approximate surface area is 211 Å². The number of aryl methyl sites for hydroxylation is 1. The van der Waals surface area contributed by atoms with Gasteiger partial charge in [0, 0.05) is 35.0 Å². The van der Waals surface area contributed by atoms with Gasteiger partial charge in [-0.1, -0.05) is 72.7 Å². The Hall–Kier alpha value is -1.62. The van der Waals surface area contributed by atoms with E-state index in [1.807, 2.05) is 0 Å². The lowest BCUT2D eigenvalue weighted by atomic mass is 9.84. The van der Waals surface area contributed by atoms with Crippen LogP contribution in [0.15, 0.2) is 72.3 Å². The smallest absolute Gasteiger partial charge is 0.440 e. The van der Waals surface area contributed by atoms with Gasteiger partial charge in [0.05, 0.1) is 6.26 Å². The summed E-state index contributed by atoms with van der Waals surface area (Å²) in [6.07, 6.45) is 11.2. The Morgan fingerprint density at radius 3 is 2.24 bits per heavy atom. The van der Waals surface area contributed by atoms with E-state index in [1.54, 1.807) is 0 Å². The monoisotopic (exact) mass is 506 g/mol. The lowest BCUT2D eigenvalue weighted by Gasteiger charge is -2.28. The Kier molecular flexibility index (Phi) is 11.0. The molecule has 1 aliphatic carbocycles. The molecule has 0 fully saturated rings. The molecule has 0 aliphatic heterocycles. The number of unbranched alkanes of at least 4 members (excludes halogenated alkanes) is 2. The minimum atomic E-state index is -0.709. The molecule has 0 heterocycles. The van der Waals surface area contributed by atoms with Gasteiger partial charge in [-0.05, 0) is 61.1 Å². The number of nitrogens with zero attached hydrogens (tertiary/aromatic N) is 1. The van der Waals surface area contributed by atoms with Gasteiger partial charge in [-0.15, -0.1) is 3.94 Å². The van der Waals surface area contributed by atoms with Crippen molar-refractivity contribution in [2.24, 2.45) is 5.92 Å². The SMILES string of the molecule is C[S+](Cc1ccccc1)C[C@@H]1CC[C@H](OC(=O)N(Cl)Cl)C=C1CCCCCc1ccccc1. The molecule has 0 spiro atoms. The first-order valence-electron chi connectivity index (χ1n) is 11.7. The fourth-order valence-electron chi connectivity index (χ4n) is 4.49. The molecule has 0 saturated heterocycles. The second kappa shape index (κ2) is 13.9. The van der Waals surface area contributed by atoms with Crippen LogP contribution in [0.25, 0.3) is 0 Å². The average Bonchev–Trinajstić information content (AvgIpc) is 2.81. The second-order valence-electron chi connectivity index (χ2n) is 8.80. The summed E-state index contributed by atoms with van der Waals surface area (Å²) in [6.45, 7) is 0. The zero-order chi connectivity index (χ0) is 23.5. The molecule has 2 aromatic carbocycles. The Morgan fingerprint density at radius 2 is 1.58 bits per heavy atom. The molecular formula is C27H34Cl2NO2S+. The highest BCUT2D eigenvalue weighted by Crippen LogP contribution is 2.32. The van der Waals surface area contributed by atoms with E-state index in [-0.39, 0.29) is 6.10 Å². The number of allylic oxidation sites excluding steroid dienone is 1. The third kappa shape index (κ3) is 9.27. The molecule has 0 bridgehead atoms. The Balaban J connectivity index is 1.55. The molecule has 0 saturated carbocycles. The number of amides is 1. The zero-order valence-corrected chi connectivity index (χ0v) is 21.6. The van der Waals surface area contributed by atoms with Crippen LogP contribution >= 0.6 is 23.6 Å². The summed E-state index contributed by atoms with van der Waals surface area (Å²) in [6, 6.07) is 21.4. The fraction of sp³-hybridized carbons (Fsp3) is 0.444. The van der Waals surface area contributed by atoms with E-state index in [2.05, 4.69) is 73.0 Å². The van der Waals surface area contributed by atoms with Crippen molar-refractivity contribution in [3.63, 3.8) is 0 Å². The molecule has 1 aliphatic rings. The number of hydrogen-bond acceptors (Lipinski definition) is 2. The van der Waals surface area contributed by atoms with Crippen LogP contribution in [-0.4, -0.2) is 28.1 Å². The van der Waals surface area contributed by atoms with Gasteiger partial charge in [0.1, 0.15) is 17.6 Å². The molecule has 0 N–H and O–H groups in total. The average molecular weight is 508 g/mol. The highest BCUT2D eigenvalue weighted by atomic mass is 35.5. The van der Waals surface area contributed by atoms with Crippen LogP contribution in [0.5, 0.6) is 0 Å². The number of hydrogen-bond donors (Lipinski definition) is 0. The fourth-order valence-corrected chi connectivity index (χ4v) is 6.52. The third-order valence-corrected chi connectivity index (χ3v) is 8.20. The molecule has 0 radical (unpaired) electrons. The molecule has 0 aromatic heterocycles. The van der Waals surface area contributed by atoms with Crippen molar-refractivity contribution >= 4 is 40.5 Å². The first kappa shape index (κ1) is 26.0. The third-order valence-electron chi connectivity index (χ3n) is 6.13. The number of carbonyl (C=O) groups excluding carboxylic acids is 1. The topological polar surface area (TPSA) is 29.5 Å². The molecule has 3 nitrogen and oxygen atoms in total. The van der Waals surface area contributed by atoms with E-state index < -0.39 is 6.09 Å². The Bertz CT molecular complexity index is 876. The summed E-state index contributed by atoms with van der Waals surface area (Å²) in [4.78, 5) is 11.8. The molecule has 6 heteroatoms. The van der Waals surface area contributed by atoms with E-state index in [0.29, 0.717) is 20.8 Å². The first-order chi connectivity index (χ1) is 16.0. The number of carbonyl (C=O) groups is 1. The van der Waals surface area contributed by atoms with E-state index in [1.165, 1.54) is 35.3 Å². The number of rotatable bonds is 11. The van der Waals surface area contributed by atoms with Gasteiger partial charge in [0.25, 0.3) is 0 Å². The summed E-state index contributed by atoms with van der Waals surface area (Å²) < 4.78 is 5.93. The minimum Gasteiger partial charge on any atom is -0.440 e. The van der Waals surface area contributed by atoms with Crippen LogP contribution in [-0.2, 0) is 27.8 Å². The molecule has 1 unspecified atom stereocenters. The zero-order valence-electron chi connectivity index (χ0n) is 19.3. The molecule has 33 heavy (non-hydrogen) atoms. The van der Waals surface area contributed by atoms with Gasteiger partial charge >= 0.3 is 6.09 Å². The summed E-state index contributed by atoms with van der Waals surface area (Å²) >= 11 is 11.1. The highest BCUT2D eigenvalue weighted by molar-refractivity contribution is 7.95. The molecule has 1 amide bonds. The van der Waals surface area contributed by atoms with E-state index >= 15 is 0 Å². The standard InChI is InChI=1S/C27H34Cl2NO2S/c1-33(20-23-14-8-3-9-15-23)21-25-17-18-26(32-27(31)30(28)29)19-24(25)16-10-4-7-13-22-11-5-2-6-12-22/h2-3,5-6,8-9,11-12,14-15,19,25-26H,4,7,10,13,16-18,20-21H2,1H3/q+1/t25-,26-,33?/m0/s1. The second-order valence-corrected chi connectivity index (χ2v) is 11.8. The van der Waals surface area contributed by atoms with Crippen molar-refractivity contribution in [2.45, 2.75) is 56.8 Å².